The van der Waals surface area contributed by atoms with Gasteiger partial charge in [0.05, 0.1) is 0 Å². The third-order valence-electron chi connectivity index (χ3n) is 3.36. The molecule has 0 unspecified atom stereocenters. The summed E-state index contributed by atoms with van der Waals surface area (Å²) in [5.74, 6) is 0.650. The summed E-state index contributed by atoms with van der Waals surface area (Å²) in [6, 6.07) is 15.2. The van der Waals surface area contributed by atoms with Crippen LogP contribution in [0.15, 0.2) is 48.5 Å². The number of likely N-dealkylation sites (N-methyl/N-ethyl adjacent to an activating group) is 1. The number of benzene rings is 2. The van der Waals surface area contributed by atoms with Crippen molar-refractivity contribution in [1.82, 2.24) is 4.90 Å². The van der Waals surface area contributed by atoms with Gasteiger partial charge in [0.1, 0.15) is 5.75 Å². The van der Waals surface area contributed by atoms with Crippen LogP contribution in [0, 0.1) is 6.92 Å². The predicted octanol–water partition coefficient (Wildman–Crippen LogP) is 4.07. The molecule has 2 rings (SSSR count). The van der Waals surface area contributed by atoms with Gasteiger partial charge in [-0.15, -0.1) is 0 Å². The smallest absolute Gasteiger partial charge is 0.263 e. The molecule has 0 radical (unpaired) electrons. The summed E-state index contributed by atoms with van der Waals surface area (Å²) in [4.78, 5) is 14.0. The highest BCUT2D eigenvalue weighted by molar-refractivity contribution is 6.30. The number of carbonyl (C=O) groups excluding carboxylic acids is 1. The largest absolute Gasteiger partial charge is 0.481 e. The lowest BCUT2D eigenvalue weighted by molar-refractivity contribution is -0.137. The fourth-order valence-electron chi connectivity index (χ4n) is 2.20. The monoisotopic (exact) mass is 317 g/mol. The number of aryl methyl sites for hydroxylation is 1. The van der Waals surface area contributed by atoms with Gasteiger partial charge >= 0.3 is 0 Å². The van der Waals surface area contributed by atoms with Crippen LogP contribution in [0.25, 0.3) is 0 Å². The van der Waals surface area contributed by atoms with Crippen molar-refractivity contribution >= 4 is 17.5 Å². The molecule has 22 heavy (non-hydrogen) atoms. The van der Waals surface area contributed by atoms with E-state index in [2.05, 4.69) is 0 Å². The van der Waals surface area contributed by atoms with Crippen molar-refractivity contribution in [2.24, 2.45) is 0 Å². The SMILES string of the molecule is Cc1cccc(O[C@H](C)C(=O)N(C)Cc2ccc(Cl)cc2)c1. The molecule has 116 valence electrons. The van der Waals surface area contributed by atoms with Crippen molar-refractivity contribution in [3.8, 4) is 5.75 Å². The number of rotatable bonds is 5. The van der Waals surface area contributed by atoms with Gasteiger partial charge < -0.3 is 9.64 Å². The van der Waals surface area contributed by atoms with Crippen molar-refractivity contribution in [2.75, 3.05) is 7.05 Å². The maximum absolute atomic E-state index is 12.4. The number of ether oxygens (including phenoxy) is 1. The Balaban J connectivity index is 1.96. The first-order valence-electron chi connectivity index (χ1n) is 7.18. The maximum Gasteiger partial charge on any atom is 0.263 e. The first kappa shape index (κ1) is 16.4. The minimum atomic E-state index is -0.529. The second-order valence-corrected chi connectivity index (χ2v) is 5.83. The quantitative estimate of drug-likeness (QED) is 0.831. The average Bonchev–Trinajstić information content (AvgIpc) is 2.48. The Morgan fingerprint density at radius 1 is 1.23 bits per heavy atom. The van der Waals surface area contributed by atoms with Crippen LogP contribution in [-0.4, -0.2) is 24.0 Å². The standard InChI is InChI=1S/C18H20ClNO2/c1-13-5-4-6-17(11-13)22-14(2)18(21)20(3)12-15-7-9-16(19)10-8-15/h4-11,14H,12H2,1-3H3/t14-/m1/s1. The Labute approximate surface area is 136 Å². The molecule has 2 aromatic rings. The molecule has 0 saturated carbocycles. The topological polar surface area (TPSA) is 29.5 Å². The Bertz CT molecular complexity index is 640. The molecular formula is C18H20ClNO2. The van der Waals surface area contributed by atoms with Gasteiger partial charge in [-0.05, 0) is 49.2 Å². The van der Waals surface area contributed by atoms with Crippen molar-refractivity contribution in [2.45, 2.75) is 26.5 Å². The van der Waals surface area contributed by atoms with Crippen LogP contribution in [0.1, 0.15) is 18.1 Å². The van der Waals surface area contributed by atoms with Crippen LogP contribution < -0.4 is 4.74 Å². The van der Waals surface area contributed by atoms with E-state index in [-0.39, 0.29) is 5.91 Å². The van der Waals surface area contributed by atoms with Gasteiger partial charge in [-0.1, -0.05) is 35.9 Å². The van der Waals surface area contributed by atoms with Crippen molar-refractivity contribution in [1.29, 1.82) is 0 Å². The van der Waals surface area contributed by atoms with Gasteiger partial charge in [-0.25, -0.2) is 0 Å². The van der Waals surface area contributed by atoms with E-state index in [1.54, 1.807) is 18.9 Å². The van der Waals surface area contributed by atoms with Gasteiger partial charge in [0.15, 0.2) is 6.10 Å². The second-order valence-electron chi connectivity index (χ2n) is 5.40. The van der Waals surface area contributed by atoms with E-state index in [0.29, 0.717) is 17.3 Å². The Kier molecular flexibility index (Phi) is 5.45. The van der Waals surface area contributed by atoms with E-state index in [0.717, 1.165) is 11.1 Å². The van der Waals surface area contributed by atoms with Crippen LogP contribution >= 0.6 is 11.6 Å². The molecule has 1 atom stereocenters. The minimum Gasteiger partial charge on any atom is -0.481 e. The number of halogens is 1. The number of hydrogen-bond donors (Lipinski definition) is 0. The average molecular weight is 318 g/mol. The Hall–Kier alpha value is -2.00. The van der Waals surface area contributed by atoms with E-state index >= 15 is 0 Å². The molecular weight excluding hydrogens is 298 g/mol. The minimum absolute atomic E-state index is 0.0588. The van der Waals surface area contributed by atoms with Crippen LogP contribution in [0.2, 0.25) is 5.02 Å². The highest BCUT2D eigenvalue weighted by Crippen LogP contribution is 2.16. The molecule has 0 bridgehead atoms. The third kappa shape index (κ3) is 4.50. The second kappa shape index (κ2) is 7.32. The predicted molar refractivity (Wildman–Crippen MR) is 89.2 cm³/mol. The summed E-state index contributed by atoms with van der Waals surface area (Å²) in [5, 5.41) is 0.689. The van der Waals surface area contributed by atoms with Crippen molar-refractivity contribution in [3.05, 3.63) is 64.7 Å². The van der Waals surface area contributed by atoms with Crippen LogP contribution in [0.4, 0.5) is 0 Å². The summed E-state index contributed by atoms with van der Waals surface area (Å²) in [6.07, 6.45) is -0.529. The fourth-order valence-corrected chi connectivity index (χ4v) is 2.32. The Morgan fingerprint density at radius 2 is 1.91 bits per heavy atom. The zero-order chi connectivity index (χ0) is 16.1. The highest BCUT2D eigenvalue weighted by Gasteiger charge is 2.19. The van der Waals surface area contributed by atoms with E-state index in [1.165, 1.54) is 0 Å². The lowest BCUT2D eigenvalue weighted by Gasteiger charge is -2.22. The normalized spacial score (nSPS) is 11.8. The molecule has 0 aliphatic carbocycles. The van der Waals surface area contributed by atoms with E-state index in [4.69, 9.17) is 16.3 Å². The first-order valence-corrected chi connectivity index (χ1v) is 7.56. The van der Waals surface area contributed by atoms with Gasteiger partial charge in [-0.3, -0.25) is 4.79 Å². The molecule has 4 heteroatoms. The molecule has 2 aromatic carbocycles. The van der Waals surface area contributed by atoms with Crippen molar-refractivity contribution in [3.63, 3.8) is 0 Å². The molecule has 0 heterocycles. The molecule has 3 nitrogen and oxygen atoms in total. The summed E-state index contributed by atoms with van der Waals surface area (Å²) in [5.41, 5.74) is 2.13. The maximum atomic E-state index is 12.4. The van der Waals surface area contributed by atoms with E-state index in [1.807, 2.05) is 55.5 Å². The van der Waals surface area contributed by atoms with Crippen LogP contribution in [0.3, 0.4) is 0 Å². The van der Waals surface area contributed by atoms with Gasteiger partial charge in [0.2, 0.25) is 0 Å². The molecule has 0 N–H and O–H groups in total. The summed E-state index contributed by atoms with van der Waals surface area (Å²) in [6.45, 7) is 4.28. The van der Waals surface area contributed by atoms with Crippen LogP contribution in [-0.2, 0) is 11.3 Å². The summed E-state index contributed by atoms with van der Waals surface area (Å²) < 4.78 is 5.72. The van der Waals surface area contributed by atoms with Crippen molar-refractivity contribution < 1.29 is 9.53 Å². The molecule has 0 fully saturated rings. The van der Waals surface area contributed by atoms with Gasteiger partial charge in [-0.2, -0.15) is 0 Å². The summed E-state index contributed by atoms with van der Waals surface area (Å²) >= 11 is 5.86. The fraction of sp³-hybridized carbons (Fsp3) is 0.278. The zero-order valence-electron chi connectivity index (χ0n) is 13.0. The van der Waals surface area contributed by atoms with Gasteiger partial charge in [0, 0.05) is 18.6 Å². The lowest BCUT2D eigenvalue weighted by atomic mass is 10.2. The molecule has 0 saturated heterocycles. The zero-order valence-corrected chi connectivity index (χ0v) is 13.8. The van der Waals surface area contributed by atoms with Gasteiger partial charge in [0.25, 0.3) is 5.91 Å². The number of nitrogens with zero attached hydrogens (tertiary/aromatic N) is 1. The number of carbonyl (C=O) groups is 1. The molecule has 0 spiro atoms. The summed E-state index contributed by atoms with van der Waals surface area (Å²) in [7, 11) is 1.77. The molecule has 0 aliphatic rings. The molecule has 1 amide bonds. The molecule has 0 aromatic heterocycles. The van der Waals surface area contributed by atoms with Crippen LogP contribution in [0.5, 0.6) is 5.75 Å². The first-order chi connectivity index (χ1) is 10.5. The highest BCUT2D eigenvalue weighted by atomic mass is 35.5. The molecule has 0 aliphatic heterocycles. The van der Waals surface area contributed by atoms with E-state index < -0.39 is 6.10 Å². The lowest BCUT2D eigenvalue weighted by Crippen LogP contribution is -2.37. The Morgan fingerprint density at radius 3 is 2.55 bits per heavy atom. The number of amides is 1. The third-order valence-corrected chi connectivity index (χ3v) is 3.61. The number of hydrogen-bond acceptors (Lipinski definition) is 2. The van der Waals surface area contributed by atoms with E-state index in [9.17, 15) is 4.79 Å².